The summed E-state index contributed by atoms with van der Waals surface area (Å²) in [4.78, 5) is 28.4. The molecule has 0 saturated carbocycles. The lowest BCUT2D eigenvalue weighted by molar-refractivity contribution is -0.122. The predicted octanol–water partition coefficient (Wildman–Crippen LogP) is 5.17. The molecule has 3 aromatic rings. The summed E-state index contributed by atoms with van der Waals surface area (Å²) < 4.78 is 6.99. The second kappa shape index (κ2) is 11.4. The summed E-state index contributed by atoms with van der Waals surface area (Å²) in [6.07, 6.45) is 0.714. The number of benzene rings is 1. The fraction of sp³-hybridized carbons (Fsp3) is 0.464. The van der Waals surface area contributed by atoms with Crippen molar-refractivity contribution in [2.24, 2.45) is 0 Å². The van der Waals surface area contributed by atoms with Crippen molar-refractivity contribution in [2.45, 2.75) is 51.7 Å². The van der Waals surface area contributed by atoms with E-state index in [2.05, 4.69) is 62.8 Å². The molecule has 1 N–H and O–H groups in total. The van der Waals surface area contributed by atoms with E-state index in [-0.39, 0.29) is 34.8 Å². The van der Waals surface area contributed by atoms with Crippen molar-refractivity contribution in [3.8, 4) is 5.69 Å². The first-order valence-corrected chi connectivity index (χ1v) is 14.5. The van der Waals surface area contributed by atoms with Gasteiger partial charge in [-0.3, -0.25) is 14.5 Å². The van der Waals surface area contributed by atoms with Crippen molar-refractivity contribution in [1.29, 1.82) is 0 Å². The van der Waals surface area contributed by atoms with Gasteiger partial charge in [-0.2, -0.15) is 16.4 Å². The van der Waals surface area contributed by atoms with Gasteiger partial charge in [-0.05, 0) is 59.9 Å². The molecule has 0 unspecified atom stereocenters. The first-order chi connectivity index (χ1) is 17.6. The Morgan fingerprint density at radius 2 is 2.03 bits per heavy atom. The van der Waals surface area contributed by atoms with E-state index in [4.69, 9.17) is 9.84 Å². The summed E-state index contributed by atoms with van der Waals surface area (Å²) in [7, 11) is 1.64. The number of ether oxygens (including phenoxy) is 1. The molecule has 1 aliphatic heterocycles. The molecule has 7 nitrogen and oxygen atoms in total. The van der Waals surface area contributed by atoms with Crippen LogP contribution in [0.3, 0.4) is 0 Å². The van der Waals surface area contributed by atoms with Gasteiger partial charge in [-0.15, -0.1) is 11.8 Å². The van der Waals surface area contributed by atoms with Gasteiger partial charge in [0.1, 0.15) is 12.4 Å². The van der Waals surface area contributed by atoms with E-state index in [1.165, 1.54) is 0 Å². The molecule has 4 rings (SSSR count). The molecule has 0 spiro atoms. The molecule has 0 saturated heterocycles. The highest BCUT2D eigenvalue weighted by molar-refractivity contribution is 8.00. The summed E-state index contributed by atoms with van der Waals surface area (Å²) in [5, 5.41) is 12.3. The predicted molar refractivity (Wildman–Crippen MR) is 152 cm³/mol. The molecular weight excluding hydrogens is 504 g/mol. The van der Waals surface area contributed by atoms with Crippen LogP contribution in [0.1, 0.15) is 60.4 Å². The molecule has 0 radical (unpaired) electrons. The van der Waals surface area contributed by atoms with Gasteiger partial charge in [-0.1, -0.05) is 32.9 Å². The summed E-state index contributed by atoms with van der Waals surface area (Å²) in [6, 6.07) is 8.24. The highest BCUT2D eigenvalue weighted by atomic mass is 32.2. The van der Waals surface area contributed by atoms with Crippen LogP contribution in [0, 0.1) is 13.8 Å². The zero-order chi connectivity index (χ0) is 26.7. The van der Waals surface area contributed by atoms with Crippen LogP contribution in [0.4, 0.5) is 5.82 Å². The van der Waals surface area contributed by atoms with Crippen molar-refractivity contribution < 1.29 is 14.3 Å². The Balaban J connectivity index is 1.92. The maximum absolute atomic E-state index is 13.7. The van der Waals surface area contributed by atoms with Gasteiger partial charge in [0.05, 0.1) is 22.4 Å². The number of nitrogens with zero attached hydrogens (tertiary/aromatic N) is 3. The van der Waals surface area contributed by atoms with E-state index in [9.17, 15) is 9.59 Å². The second-order valence-corrected chi connectivity index (χ2v) is 12.3. The van der Waals surface area contributed by atoms with E-state index < -0.39 is 0 Å². The molecule has 0 fully saturated rings. The third-order valence-electron chi connectivity index (χ3n) is 6.60. The van der Waals surface area contributed by atoms with E-state index in [0.29, 0.717) is 25.4 Å². The van der Waals surface area contributed by atoms with Crippen LogP contribution in [0.2, 0.25) is 0 Å². The average Bonchev–Trinajstić information content (AvgIpc) is 3.49. The largest absolute Gasteiger partial charge is 0.385 e. The van der Waals surface area contributed by atoms with Crippen LogP contribution in [-0.4, -0.2) is 54.2 Å². The molecule has 3 heterocycles. The lowest BCUT2D eigenvalue weighted by Crippen LogP contribution is -2.42. The number of thioether (sulfide) groups is 1. The highest BCUT2D eigenvalue weighted by Gasteiger charge is 2.40. The van der Waals surface area contributed by atoms with Gasteiger partial charge in [0.2, 0.25) is 11.8 Å². The van der Waals surface area contributed by atoms with E-state index in [0.717, 1.165) is 33.6 Å². The van der Waals surface area contributed by atoms with Crippen molar-refractivity contribution in [3.05, 3.63) is 63.0 Å². The summed E-state index contributed by atoms with van der Waals surface area (Å²) in [5.74, 6) is 0.683. The lowest BCUT2D eigenvalue weighted by Gasteiger charge is -2.24. The first kappa shape index (κ1) is 27.4. The molecule has 1 aromatic carbocycles. The number of thiophene rings is 1. The van der Waals surface area contributed by atoms with Gasteiger partial charge >= 0.3 is 0 Å². The van der Waals surface area contributed by atoms with Crippen LogP contribution >= 0.6 is 23.1 Å². The zero-order valence-corrected chi connectivity index (χ0v) is 24.1. The number of aromatic nitrogens is 2. The normalized spacial score (nSPS) is 16.0. The van der Waals surface area contributed by atoms with Crippen LogP contribution in [-0.2, 0) is 19.7 Å². The Morgan fingerprint density at radius 1 is 1.24 bits per heavy atom. The Morgan fingerprint density at radius 3 is 2.70 bits per heavy atom. The van der Waals surface area contributed by atoms with Crippen molar-refractivity contribution in [2.75, 3.05) is 37.5 Å². The van der Waals surface area contributed by atoms with Gasteiger partial charge in [0, 0.05) is 31.2 Å². The zero-order valence-electron chi connectivity index (χ0n) is 22.5. The maximum Gasteiger partial charge on any atom is 0.240 e. The summed E-state index contributed by atoms with van der Waals surface area (Å²) >= 11 is 3.26. The quantitative estimate of drug-likeness (QED) is 0.399. The number of rotatable bonds is 8. The number of anilines is 1. The minimum Gasteiger partial charge on any atom is -0.385 e. The number of nitrogens with one attached hydrogen (secondary N) is 1. The Kier molecular flexibility index (Phi) is 8.46. The van der Waals surface area contributed by atoms with Crippen LogP contribution in [0.5, 0.6) is 0 Å². The number of carbonyl (C=O) groups excluding carboxylic acids is 2. The highest BCUT2D eigenvalue weighted by Crippen LogP contribution is 2.49. The molecule has 1 aliphatic rings. The number of fused-ring (bicyclic) bond motifs is 1. The SMILES string of the molecule is COCCCNC(=O)CN1C(=O)CS[C@@H](c2ccsc2)c2c(C(C)(C)C)nn(-c3cccc(C)c3C)c21. The number of aryl methyl sites for hydroxylation is 1. The second-order valence-electron chi connectivity index (χ2n) is 10.4. The molecule has 0 bridgehead atoms. The van der Waals surface area contributed by atoms with Crippen molar-refractivity contribution in [1.82, 2.24) is 15.1 Å². The van der Waals surface area contributed by atoms with E-state index >= 15 is 0 Å². The van der Waals surface area contributed by atoms with Gasteiger partial charge in [-0.25, -0.2) is 4.68 Å². The van der Waals surface area contributed by atoms with Crippen molar-refractivity contribution in [3.63, 3.8) is 0 Å². The Bertz CT molecular complexity index is 1260. The number of hydrogen-bond acceptors (Lipinski definition) is 6. The summed E-state index contributed by atoms with van der Waals surface area (Å²) in [5.41, 5.74) is 5.98. The first-order valence-electron chi connectivity index (χ1n) is 12.5. The minimum absolute atomic E-state index is 0.0597. The maximum atomic E-state index is 13.7. The molecule has 2 amide bonds. The minimum atomic E-state index is -0.274. The average molecular weight is 541 g/mol. The molecular formula is C28H36N4O3S2. The third-order valence-corrected chi connectivity index (χ3v) is 8.56. The van der Waals surface area contributed by atoms with Gasteiger partial charge in [0.25, 0.3) is 0 Å². The fourth-order valence-electron chi connectivity index (χ4n) is 4.54. The molecule has 37 heavy (non-hydrogen) atoms. The number of carbonyl (C=O) groups is 2. The molecule has 198 valence electrons. The topological polar surface area (TPSA) is 76.5 Å². The molecule has 0 aliphatic carbocycles. The van der Waals surface area contributed by atoms with E-state index in [1.807, 2.05) is 16.8 Å². The fourth-order valence-corrected chi connectivity index (χ4v) is 6.50. The smallest absolute Gasteiger partial charge is 0.240 e. The summed E-state index contributed by atoms with van der Waals surface area (Å²) in [6.45, 7) is 11.6. The Hall–Kier alpha value is -2.62. The standard InChI is InChI=1S/C28H36N4O3S2/c1-18-9-7-10-21(19(18)2)32-27-24(26(30-32)28(3,4)5)25(20-11-14-36-16-20)37-17-23(34)31(27)15-22(33)29-12-8-13-35-6/h7,9-11,14,16,25H,8,12-13,15,17H2,1-6H3,(H,29,33)/t25-/m0/s1. The molecule has 9 heteroatoms. The van der Waals surface area contributed by atoms with Crippen LogP contribution in [0.15, 0.2) is 35.0 Å². The lowest BCUT2D eigenvalue weighted by atomic mass is 9.87. The monoisotopic (exact) mass is 540 g/mol. The van der Waals surface area contributed by atoms with Gasteiger partial charge < -0.3 is 10.1 Å². The number of hydrogen-bond donors (Lipinski definition) is 1. The number of amides is 2. The number of methoxy groups -OCH3 is 1. The van der Waals surface area contributed by atoms with Crippen molar-refractivity contribution >= 4 is 40.7 Å². The Labute approximate surface area is 227 Å². The third kappa shape index (κ3) is 5.78. The van der Waals surface area contributed by atoms with Crippen LogP contribution < -0.4 is 10.2 Å². The molecule has 2 aromatic heterocycles. The molecule has 1 atom stereocenters. The van der Waals surface area contributed by atoms with E-state index in [1.54, 1.807) is 35.1 Å². The van der Waals surface area contributed by atoms with Gasteiger partial charge in [0.15, 0.2) is 0 Å². The van der Waals surface area contributed by atoms with Crippen LogP contribution in [0.25, 0.3) is 5.69 Å².